The highest BCUT2D eigenvalue weighted by molar-refractivity contribution is 5.92. The van der Waals surface area contributed by atoms with Gasteiger partial charge in [-0.25, -0.2) is 0 Å². The van der Waals surface area contributed by atoms with Gasteiger partial charge in [-0.2, -0.15) is 5.10 Å². The first kappa shape index (κ1) is 10.8. The van der Waals surface area contributed by atoms with Gasteiger partial charge in [0.05, 0.1) is 12.2 Å². The van der Waals surface area contributed by atoms with Crippen molar-refractivity contribution in [2.45, 2.75) is 6.54 Å². The Hall–Kier alpha value is -2.36. The molecule has 90 valence electrons. The van der Waals surface area contributed by atoms with E-state index in [-0.39, 0.29) is 0 Å². The predicted molar refractivity (Wildman–Crippen MR) is 72.3 cm³/mol. The third-order valence-corrected chi connectivity index (χ3v) is 3.07. The summed E-state index contributed by atoms with van der Waals surface area (Å²) < 4.78 is 1.87. The van der Waals surface area contributed by atoms with Crippen molar-refractivity contribution in [3.05, 3.63) is 54.6 Å². The van der Waals surface area contributed by atoms with Gasteiger partial charge in [0.25, 0.3) is 0 Å². The zero-order valence-electron chi connectivity index (χ0n) is 10.2. The lowest BCUT2D eigenvalue weighted by Crippen LogP contribution is -2.05. The third kappa shape index (κ3) is 1.93. The molecule has 2 heterocycles. The maximum atomic E-state index is 4.18. The molecule has 3 aromatic rings. The minimum absolute atomic E-state index is 0.754. The summed E-state index contributed by atoms with van der Waals surface area (Å²) in [6.07, 6.45) is 5.51. The van der Waals surface area contributed by atoms with Crippen molar-refractivity contribution >= 4 is 16.5 Å². The first-order chi connectivity index (χ1) is 8.84. The smallest absolute Gasteiger partial charge is 0.0571 e. The van der Waals surface area contributed by atoms with Crippen LogP contribution in [0.25, 0.3) is 10.8 Å². The molecular formula is C14H14N4. The molecule has 0 radical (unpaired) electrons. The van der Waals surface area contributed by atoms with Crippen LogP contribution in [0.4, 0.5) is 5.69 Å². The molecule has 0 fully saturated rings. The van der Waals surface area contributed by atoms with Gasteiger partial charge in [-0.1, -0.05) is 12.1 Å². The summed E-state index contributed by atoms with van der Waals surface area (Å²) in [5.41, 5.74) is 2.25. The van der Waals surface area contributed by atoms with E-state index >= 15 is 0 Å². The zero-order valence-corrected chi connectivity index (χ0v) is 10.2. The minimum atomic E-state index is 0.754. The number of anilines is 1. The van der Waals surface area contributed by atoms with Crippen LogP contribution in [0.2, 0.25) is 0 Å². The van der Waals surface area contributed by atoms with Crippen LogP contribution in [0.15, 0.2) is 48.9 Å². The van der Waals surface area contributed by atoms with E-state index in [2.05, 4.69) is 27.5 Å². The maximum absolute atomic E-state index is 4.18. The van der Waals surface area contributed by atoms with E-state index < -0.39 is 0 Å². The first-order valence-corrected chi connectivity index (χ1v) is 5.88. The molecule has 0 amide bonds. The molecule has 4 nitrogen and oxygen atoms in total. The van der Waals surface area contributed by atoms with E-state index in [9.17, 15) is 0 Å². The number of nitrogens with one attached hydrogen (secondary N) is 1. The number of aromatic nitrogens is 3. The SMILES string of the molecule is Cn1nccc1CNc1cccc2ccncc12. The fourth-order valence-electron chi connectivity index (χ4n) is 2.03. The molecule has 0 saturated carbocycles. The standard InChI is InChI=1S/C14H14N4/c1-18-12(6-8-17-18)9-16-14-4-2-3-11-5-7-15-10-13(11)14/h2-8,10,16H,9H2,1H3. The molecule has 2 aromatic heterocycles. The quantitative estimate of drug-likeness (QED) is 0.762. The molecule has 0 bridgehead atoms. The van der Waals surface area contributed by atoms with Crippen molar-refractivity contribution in [2.75, 3.05) is 5.32 Å². The lowest BCUT2D eigenvalue weighted by molar-refractivity contribution is 0.720. The zero-order chi connectivity index (χ0) is 12.4. The molecule has 4 heteroatoms. The summed E-state index contributed by atoms with van der Waals surface area (Å²) in [6, 6.07) is 10.2. The molecule has 0 aliphatic carbocycles. The second kappa shape index (κ2) is 4.49. The average Bonchev–Trinajstić information content (AvgIpc) is 2.82. The van der Waals surface area contributed by atoms with Crippen LogP contribution in [0.1, 0.15) is 5.69 Å². The Morgan fingerprint density at radius 2 is 2.11 bits per heavy atom. The van der Waals surface area contributed by atoms with Gasteiger partial charge < -0.3 is 5.32 Å². The van der Waals surface area contributed by atoms with Gasteiger partial charge in [0.1, 0.15) is 0 Å². The van der Waals surface area contributed by atoms with Crippen molar-refractivity contribution < 1.29 is 0 Å². The Bertz CT molecular complexity index is 667. The van der Waals surface area contributed by atoms with E-state index in [4.69, 9.17) is 0 Å². The predicted octanol–water partition coefficient (Wildman–Crippen LogP) is 2.58. The van der Waals surface area contributed by atoms with Crippen LogP contribution in [0.3, 0.4) is 0 Å². The lowest BCUT2D eigenvalue weighted by Gasteiger charge is -2.09. The molecule has 18 heavy (non-hydrogen) atoms. The average molecular weight is 238 g/mol. The maximum Gasteiger partial charge on any atom is 0.0571 e. The number of aryl methyl sites for hydroxylation is 1. The summed E-state index contributed by atoms with van der Waals surface area (Å²) in [4.78, 5) is 4.18. The highest BCUT2D eigenvalue weighted by Crippen LogP contribution is 2.22. The number of pyridine rings is 1. The number of rotatable bonds is 3. The van der Waals surface area contributed by atoms with Crippen molar-refractivity contribution in [2.24, 2.45) is 7.05 Å². The fraction of sp³-hybridized carbons (Fsp3) is 0.143. The second-order valence-electron chi connectivity index (χ2n) is 4.20. The Balaban J connectivity index is 1.89. The van der Waals surface area contributed by atoms with Crippen LogP contribution in [-0.4, -0.2) is 14.8 Å². The Labute approximate surface area is 105 Å². The van der Waals surface area contributed by atoms with E-state index in [1.807, 2.05) is 48.5 Å². The lowest BCUT2D eigenvalue weighted by atomic mass is 10.1. The molecule has 1 aromatic carbocycles. The Morgan fingerprint density at radius 3 is 2.94 bits per heavy atom. The van der Waals surface area contributed by atoms with Crippen molar-refractivity contribution in [3.63, 3.8) is 0 Å². The van der Waals surface area contributed by atoms with Gasteiger partial charge in [-0.05, 0) is 23.6 Å². The molecule has 0 aliphatic rings. The molecule has 0 saturated heterocycles. The number of hydrogen-bond acceptors (Lipinski definition) is 3. The normalized spacial score (nSPS) is 10.7. The number of nitrogens with zero attached hydrogens (tertiary/aromatic N) is 3. The Morgan fingerprint density at radius 1 is 1.17 bits per heavy atom. The van der Waals surface area contributed by atoms with Crippen molar-refractivity contribution in [1.82, 2.24) is 14.8 Å². The van der Waals surface area contributed by atoms with Crippen LogP contribution in [-0.2, 0) is 13.6 Å². The summed E-state index contributed by atoms with van der Waals surface area (Å²) in [6.45, 7) is 0.754. The molecule has 0 spiro atoms. The number of hydrogen-bond donors (Lipinski definition) is 1. The minimum Gasteiger partial charge on any atom is -0.379 e. The van der Waals surface area contributed by atoms with Gasteiger partial charge in [0.15, 0.2) is 0 Å². The second-order valence-corrected chi connectivity index (χ2v) is 4.20. The van der Waals surface area contributed by atoms with E-state index in [0.29, 0.717) is 0 Å². The van der Waals surface area contributed by atoms with Crippen LogP contribution >= 0.6 is 0 Å². The van der Waals surface area contributed by atoms with Gasteiger partial charge in [-0.15, -0.1) is 0 Å². The summed E-state index contributed by atoms with van der Waals surface area (Å²) >= 11 is 0. The van der Waals surface area contributed by atoms with Crippen LogP contribution in [0, 0.1) is 0 Å². The highest BCUT2D eigenvalue weighted by Gasteiger charge is 2.02. The molecule has 0 aliphatic heterocycles. The van der Waals surface area contributed by atoms with E-state index in [1.165, 1.54) is 5.39 Å². The molecule has 0 unspecified atom stereocenters. The van der Waals surface area contributed by atoms with Gasteiger partial charge in [-0.3, -0.25) is 9.67 Å². The van der Waals surface area contributed by atoms with Crippen molar-refractivity contribution in [1.29, 1.82) is 0 Å². The molecule has 3 rings (SSSR count). The monoisotopic (exact) mass is 238 g/mol. The van der Waals surface area contributed by atoms with Gasteiger partial charge in [0, 0.05) is 36.7 Å². The number of fused-ring (bicyclic) bond motifs is 1. The molecule has 0 atom stereocenters. The summed E-state index contributed by atoms with van der Waals surface area (Å²) in [7, 11) is 1.95. The topological polar surface area (TPSA) is 42.7 Å². The molecular weight excluding hydrogens is 224 g/mol. The summed E-state index contributed by atoms with van der Waals surface area (Å²) in [5.74, 6) is 0. The van der Waals surface area contributed by atoms with Crippen molar-refractivity contribution in [3.8, 4) is 0 Å². The Kier molecular flexibility index (Phi) is 2.68. The third-order valence-electron chi connectivity index (χ3n) is 3.07. The highest BCUT2D eigenvalue weighted by atomic mass is 15.3. The summed E-state index contributed by atoms with van der Waals surface area (Å²) in [5, 5.41) is 9.92. The van der Waals surface area contributed by atoms with Gasteiger partial charge >= 0.3 is 0 Å². The molecule has 1 N–H and O–H groups in total. The van der Waals surface area contributed by atoms with E-state index in [0.717, 1.165) is 23.3 Å². The van der Waals surface area contributed by atoms with Gasteiger partial charge in [0.2, 0.25) is 0 Å². The fourth-order valence-corrected chi connectivity index (χ4v) is 2.03. The van der Waals surface area contributed by atoms with Crippen LogP contribution in [0.5, 0.6) is 0 Å². The van der Waals surface area contributed by atoms with Crippen LogP contribution < -0.4 is 5.32 Å². The largest absolute Gasteiger partial charge is 0.379 e. The number of benzene rings is 1. The first-order valence-electron chi connectivity index (χ1n) is 5.88. The van der Waals surface area contributed by atoms with E-state index in [1.54, 1.807) is 0 Å².